The van der Waals surface area contributed by atoms with Gasteiger partial charge >= 0.3 is 0 Å². The van der Waals surface area contributed by atoms with E-state index < -0.39 is 0 Å². The van der Waals surface area contributed by atoms with Crippen molar-refractivity contribution in [3.63, 3.8) is 0 Å². The Morgan fingerprint density at radius 3 is 2.06 bits per heavy atom. The molecule has 1 heterocycles. The van der Waals surface area contributed by atoms with Crippen LogP contribution in [0.5, 0.6) is 0 Å². The molecule has 1 aliphatic heterocycles. The van der Waals surface area contributed by atoms with Crippen molar-refractivity contribution >= 4 is 0 Å². The molecule has 2 unspecified atom stereocenters. The fraction of sp³-hybridized carbons (Fsp3) is 1.00. The molecule has 0 radical (unpaired) electrons. The molecule has 2 nitrogen and oxygen atoms in total. The lowest BCUT2D eigenvalue weighted by Gasteiger charge is -2.50. The summed E-state index contributed by atoms with van der Waals surface area (Å²) in [5.74, 6) is 0.766. The van der Waals surface area contributed by atoms with Gasteiger partial charge in [0.2, 0.25) is 0 Å². The second-order valence-corrected chi connectivity index (χ2v) is 8.62. The molecular formula is C16H32N2. The van der Waals surface area contributed by atoms with E-state index in [0.717, 1.165) is 18.5 Å². The zero-order valence-electron chi connectivity index (χ0n) is 13.0. The molecule has 1 aliphatic carbocycles. The van der Waals surface area contributed by atoms with Crippen LogP contribution >= 0.6 is 0 Å². The van der Waals surface area contributed by atoms with Gasteiger partial charge in [0, 0.05) is 25.2 Å². The zero-order valence-corrected chi connectivity index (χ0v) is 13.0. The Morgan fingerprint density at radius 2 is 1.56 bits per heavy atom. The minimum Gasteiger partial charge on any atom is -0.327 e. The van der Waals surface area contributed by atoms with Crippen molar-refractivity contribution in [2.45, 2.75) is 72.4 Å². The molecule has 2 aliphatic rings. The molecule has 2 fully saturated rings. The Kier molecular flexibility index (Phi) is 3.81. The number of hydrogen-bond donors (Lipinski definition) is 1. The summed E-state index contributed by atoms with van der Waals surface area (Å²) in [5.41, 5.74) is 7.18. The molecule has 1 saturated carbocycles. The van der Waals surface area contributed by atoms with Crippen molar-refractivity contribution in [1.82, 2.24) is 4.90 Å². The first kappa shape index (κ1) is 14.3. The second-order valence-electron chi connectivity index (χ2n) is 8.62. The lowest BCUT2D eigenvalue weighted by molar-refractivity contribution is 0.00374. The highest BCUT2D eigenvalue weighted by Crippen LogP contribution is 2.47. The fourth-order valence-electron chi connectivity index (χ4n) is 4.79. The monoisotopic (exact) mass is 252 g/mol. The highest BCUT2D eigenvalue weighted by molar-refractivity contribution is 4.95. The first-order chi connectivity index (χ1) is 8.17. The standard InChI is InChI=1S/C16H32N2/c1-12-6-13(17)10-18(9-12)14-7-15(2,3)11-16(4,5)8-14/h12-14H,6-11,17H2,1-5H3. The van der Waals surface area contributed by atoms with Crippen LogP contribution in [0.4, 0.5) is 0 Å². The Morgan fingerprint density at radius 1 is 1.00 bits per heavy atom. The van der Waals surface area contributed by atoms with E-state index in [0.29, 0.717) is 16.9 Å². The van der Waals surface area contributed by atoms with Crippen molar-refractivity contribution in [3.8, 4) is 0 Å². The van der Waals surface area contributed by atoms with Gasteiger partial charge in [0.1, 0.15) is 0 Å². The molecule has 0 spiro atoms. The van der Waals surface area contributed by atoms with E-state index in [1.807, 2.05) is 0 Å². The molecule has 0 bridgehead atoms. The number of rotatable bonds is 1. The minimum absolute atomic E-state index is 0.391. The van der Waals surface area contributed by atoms with Gasteiger partial charge in [0.05, 0.1) is 0 Å². The maximum atomic E-state index is 6.22. The average Bonchev–Trinajstić information content (AvgIpc) is 2.10. The van der Waals surface area contributed by atoms with Gasteiger partial charge < -0.3 is 5.73 Å². The Hall–Kier alpha value is -0.0800. The Labute approximate surface area is 113 Å². The first-order valence-electron chi connectivity index (χ1n) is 7.67. The van der Waals surface area contributed by atoms with Gasteiger partial charge in [0.25, 0.3) is 0 Å². The maximum Gasteiger partial charge on any atom is 0.0170 e. The summed E-state index contributed by atoms with van der Waals surface area (Å²) < 4.78 is 0. The number of nitrogens with zero attached hydrogens (tertiary/aromatic N) is 1. The predicted molar refractivity (Wildman–Crippen MR) is 78.5 cm³/mol. The van der Waals surface area contributed by atoms with Gasteiger partial charge in [-0.3, -0.25) is 4.90 Å². The van der Waals surface area contributed by atoms with Crippen LogP contribution in [-0.4, -0.2) is 30.1 Å². The Bertz CT molecular complexity index is 269. The van der Waals surface area contributed by atoms with Crippen LogP contribution in [0, 0.1) is 16.7 Å². The topological polar surface area (TPSA) is 29.3 Å². The molecule has 0 aromatic carbocycles. The smallest absolute Gasteiger partial charge is 0.0170 e. The van der Waals surface area contributed by atoms with Crippen molar-refractivity contribution in [2.24, 2.45) is 22.5 Å². The molecule has 2 rings (SSSR count). The summed E-state index contributed by atoms with van der Waals surface area (Å²) in [6.07, 6.45) is 5.24. The van der Waals surface area contributed by atoms with E-state index in [9.17, 15) is 0 Å². The number of nitrogens with two attached hydrogens (primary N) is 1. The van der Waals surface area contributed by atoms with E-state index in [2.05, 4.69) is 39.5 Å². The summed E-state index contributed by atoms with van der Waals surface area (Å²) >= 11 is 0. The van der Waals surface area contributed by atoms with E-state index in [-0.39, 0.29) is 0 Å². The molecule has 2 heteroatoms. The van der Waals surface area contributed by atoms with Crippen LogP contribution in [0.25, 0.3) is 0 Å². The van der Waals surface area contributed by atoms with Gasteiger partial charge in [-0.15, -0.1) is 0 Å². The van der Waals surface area contributed by atoms with Crippen LogP contribution in [0.1, 0.15) is 60.3 Å². The summed E-state index contributed by atoms with van der Waals surface area (Å²) in [5, 5.41) is 0. The first-order valence-corrected chi connectivity index (χ1v) is 7.67. The largest absolute Gasteiger partial charge is 0.327 e. The molecular weight excluding hydrogens is 220 g/mol. The second kappa shape index (κ2) is 4.79. The third kappa shape index (κ3) is 3.48. The van der Waals surface area contributed by atoms with Crippen molar-refractivity contribution in [3.05, 3.63) is 0 Å². The van der Waals surface area contributed by atoms with E-state index >= 15 is 0 Å². The van der Waals surface area contributed by atoms with Gasteiger partial charge in [-0.1, -0.05) is 34.6 Å². The molecule has 18 heavy (non-hydrogen) atoms. The van der Waals surface area contributed by atoms with Crippen LogP contribution < -0.4 is 5.73 Å². The maximum absolute atomic E-state index is 6.22. The van der Waals surface area contributed by atoms with Gasteiger partial charge in [-0.2, -0.15) is 0 Å². The third-order valence-electron chi connectivity index (χ3n) is 4.77. The van der Waals surface area contributed by atoms with Crippen LogP contribution in [0.3, 0.4) is 0 Å². The Balaban J connectivity index is 2.07. The quantitative estimate of drug-likeness (QED) is 0.776. The number of hydrogen-bond acceptors (Lipinski definition) is 2. The van der Waals surface area contributed by atoms with E-state index in [1.165, 1.54) is 32.2 Å². The van der Waals surface area contributed by atoms with E-state index in [1.54, 1.807) is 0 Å². The zero-order chi connectivity index (χ0) is 13.6. The molecule has 106 valence electrons. The van der Waals surface area contributed by atoms with Crippen molar-refractivity contribution in [2.75, 3.05) is 13.1 Å². The van der Waals surface area contributed by atoms with Crippen LogP contribution in [0.2, 0.25) is 0 Å². The molecule has 0 amide bonds. The van der Waals surface area contributed by atoms with E-state index in [4.69, 9.17) is 5.73 Å². The van der Waals surface area contributed by atoms with Crippen molar-refractivity contribution in [1.29, 1.82) is 0 Å². The van der Waals surface area contributed by atoms with Crippen LogP contribution in [-0.2, 0) is 0 Å². The number of piperidine rings is 1. The highest BCUT2D eigenvalue weighted by atomic mass is 15.2. The predicted octanol–water partition coefficient (Wildman–Crippen LogP) is 3.26. The lowest BCUT2D eigenvalue weighted by Crippen LogP contribution is -2.54. The third-order valence-corrected chi connectivity index (χ3v) is 4.77. The molecule has 0 aromatic heterocycles. The normalized spacial score (nSPS) is 37.7. The van der Waals surface area contributed by atoms with Gasteiger partial charge in [-0.05, 0) is 42.4 Å². The van der Waals surface area contributed by atoms with Crippen LogP contribution in [0.15, 0.2) is 0 Å². The fourth-order valence-corrected chi connectivity index (χ4v) is 4.79. The summed E-state index contributed by atoms with van der Waals surface area (Å²) in [4.78, 5) is 2.70. The molecule has 2 atom stereocenters. The molecule has 1 saturated heterocycles. The average molecular weight is 252 g/mol. The molecule has 0 aromatic rings. The molecule has 2 N–H and O–H groups in total. The summed E-state index contributed by atoms with van der Waals surface area (Å²) in [6, 6.07) is 1.14. The number of likely N-dealkylation sites (tertiary alicyclic amines) is 1. The summed E-state index contributed by atoms with van der Waals surface area (Å²) in [7, 11) is 0. The minimum atomic E-state index is 0.391. The summed E-state index contributed by atoms with van der Waals surface area (Å²) in [6.45, 7) is 14.5. The highest BCUT2D eigenvalue weighted by Gasteiger charge is 2.41. The SMILES string of the molecule is CC1CC(N)CN(C2CC(C)(C)CC(C)(C)C2)C1. The van der Waals surface area contributed by atoms with Gasteiger partial charge in [-0.25, -0.2) is 0 Å². The van der Waals surface area contributed by atoms with Gasteiger partial charge in [0.15, 0.2) is 0 Å². The van der Waals surface area contributed by atoms with Crippen molar-refractivity contribution < 1.29 is 0 Å². The lowest BCUT2D eigenvalue weighted by atomic mass is 9.63.